The number of rotatable bonds is 5. The van der Waals surface area contributed by atoms with Crippen molar-refractivity contribution in [3.8, 4) is 0 Å². The Labute approximate surface area is 183 Å². The Morgan fingerprint density at radius 2 is 1.97 bits per heavy atom. The lowest BCUT2D eigenvalue weighted by Crippen LogP contribution is -2.38. The zero-order valence-electron chi connectivity index (χ0n) is 18.0. The van der Waals surface area contributed by atoms with Crippen LogP contribution in [0.2, 0.25) is 0 Å². The van der Waals surface area contributed by atoms with Crippen molar-refractivity contribution in [1.29, 1.82) is 0 Å². The number of para-hydroxylation sites is 2. The number of anilines is 1. The van der Waals surface area contributed by atoms with Crippen LogP contribution in [-0.2, 0) is 18.3 Å². The van der Waals surface area contributed by atoms with Crippen molar-refractivity contribution in [2.24, 2.45) is 7.05 Å². The maximum absolute atomic E-state index is 13.3. The average molecular weight is 436 g/mol. The third kappa shape index (κ3) is 3.57. The van der Waals surface area contributed by atoms with E-state index in [2.05, 4.69) is 20.2 Å². The van der Waals surface area contributed by atoms with Gasteiger partial charge < -0.3 is 18.3 Å². The monoisotopic (exact) mass is 436 g/mol. The number of aryl methyl sites for hydroxylation is 2. The number of nitrogens with one attached hydrogen (secondary N) is 1. The molecular formula is C22H24N6O4. The highest BCUT2D eigenvalue weighted by atomic mass is 16.5. The number of carbonyl (C=O) groups is 1. The van der Waals surface area contributed by atoms with Crippen LogP contribution < -0.4 is 10.9 Å². The standard InChI is InChI=1S/C22H24N6O4/c1-14-17(18-20(32-14)23-13-26(2)21(18)30)19(29)25-22-24-15-5-3-4-6-16(15)28(22)8-7-27-9-11-31-12-10-27/h3-6,13H,7-12H2,1-2H3,(H,24,25,29). The summed E-state index contributed by atoms with van der Waals surface area (Å²) >= 11 is 0. The lowest BCUT2D eigenvalue weighted by atomic mass is 10.2. The first kappa shape index (κ1) is 20.4. The van der Waals surface area contributed by atoms with Crippen LogP contribution in [0, 0.1) is 6.92 Å². The summed E-state index contributed by atoms with van der Waals surface area (Å²) in [5.41, 5.74) is 1.72. The number of ether oxygens (including phenoxy) is 1. The van der Waals surface area contributed by atoms with Gasteiger partial charge in [0.15, 0.2) is 0 Å². The average Bonchev–Trinajstić information content (AvgIpc) is 3.32. The van der Waals surface area contributed by atoms with E-state index < -0.39 is 5.91 Å². The molecule has 5 rings (SSSR count). The zero-order chi connectivity index (χ0) is 22.2. The molecule has 10 nitrogen and oxygen atoms in total. The molecule has 0 atom stereocenters. The summed E-state index contributed by atoms with van der Waals surface area (Å²) in [5.74, 6) is 0.317. The summed E-state index contributed by atoms with van der Waals surface area (Å²) < 4.78 is 14.3. The van der Waals surface area contributed by atoms with Gasteiger partial charge in [-0.3, -0.25) is 19.8 Å². The molecule has 0 radical (unpaired) electrons. The molecule has 1 aliphatic heterocycles. The van der Waals surface area contributed by atoms with E-state index in [1.165, 1.54) is 10.9 Å². The van der Waals surface area contributed by atoms with E-state index in [-0.39, 0.29) is 22.2 Å². The highest BCUT2D eigenvalue weighted by molar-refractivity contribution is 6.12. The lowest BCUT2D eigenvalue weighted by Gasteiger charge is -2.26. The third-order valence-electron chi connectivity index (χ3n) is 5.80. The summed E-state index contributed by atoms with van der Waals surface area (Å²) in [6, 6.07) is 7.75. The van der Waals surface area contributed by atoms with Crippen molar-refractivity contribution in [2.75, 3.05) is 38.2 Å². The molecule has 1 amide bonds. The van der Waals surface area contributed by atoms with Crippen molar-refractivity contribution >= 4 is 34.0 Å². The van der Waals surface area contributed by atoms with Gasteiger partial charge >= 0.3 is 0 Å². The van der Waals surface area contributed by atoms with Gasteiger partial charge in [-0.15, -0.1) is 0 Å². The van der Waals surface area contributed by atoms with E-state index in [9.17, 15) is 9.59 Å². The van der Waals surface area contributed by atoms with Gasteiger partial charge in [-0.1, -0.05) is 12.1 Å². The SMILES string of the molecule is Cc1oc2ncn(C)c(=O)c2c1C(=O)Nc1nc2ccccc2n1CCN1CCOCC1. The fraction of sp³-hybridized carbons (Fsp3) is 0.364. The number of hydrogen-bond donors (Lipinski definition) is 1. The molecule has 4 heterocycles. The summed E-state index contributed by atoms with van der Waals surface area (Å²) in [5, 5.41) is 3.07. The molecule has 3 aromatic heterocycles. The minimum absolute atomic E-state index is 0.150. The molecule has 0 aliphatic carbocycles. The highest BCUT2D eigenvalue weighted by Crippen LogP contribution is 2.24. The Kier molecular flexibility index (Phi) is 5.24. The van der Waals surface area contributed by atoms with Crippen LogP contribution in [0.15, 0.2) is 39.8 Å². The van der Waals surface area contributed by atoms with E-state index in [1.54, 1.807) is 14.0 Å². The first-order chi connectivity index (χ1) is 15.5. The third-order valence-corrected chi connectivity index (χ3v) is 5.80. The number of aromatic nitrogens is 4. The number of hydrogen-bond acceptors (Lipinski definition) is 7. The molecule has 0 unspecified atom stereocenters. The van der Waals surface area contributed by atoms with Crippen LogP contribution in [-0.4, -0.2) is 62.8 Å². The van der Waals surface area contributed by atoms with Crippen LogP contribution in [0.3, 0.4) is 0 Å². The predicted octanol–water partition coefficient (Wildman–Crippen LogP) is 1.77. The van der Waals surface area contributed by atoms with Crippen LogP contribution in [0.4, 0.5) is 5.95 Å². The molecule has 0 bridgehead atoms. The number of fused-ring (bicyclic) bond motifs is 2. The van der Waals surface area contributed by atoms with E-state index in [1.807, 2.05) is 28.8 Å². The summed E-state index contributed by atoms with van der Waals surface area (Å²) in [6.07, 6.45) is 1.38. The van der Waals surface area contributed by atoms with Crippen LogP contribution in [0.1, 0.15) is 16.1 Å². The Morgan fingerprint density at radius 3 is 2.78 bits per heavy atom. The first-order valence-electron chi connectivity index (χ1n) is 10.5. The van der Waals surface area contributed by atoms with Gasteiger partial charge in [-0.2, -0.15) is 0 Å². The molecule has 1 aromatic carbocycles. The number of carbonyl (C=O) groups excluding carboxylic acids is 1. The minimum Gasteiger partial charge on any atom is -0.442 e. The first-order valence-corrected chi connectivity index (χ1v) is 10.5. The maximum atomic E-state index is 13.3. The Morgan fingerprint density at radius 1 is 1.19 bits per heavy atom. The minimum atomic E-state index is -0.450. The van der Waals surface area contributed by atoms with Gasteiger partial charge in [-0.25, -0.2) is 9.97 Å². The molecule has 0 saturated carbocycles. The molecule has 0 spiro atoms. The second kappa shape index (κ2) is 8.21. The molecule has 1 aliphatic rings. The Balaban J connectivity index is 1.49. The molecule has 1 N–H and O–H groups in total. The summed E-state index contributed by atoms with van der Waals surface area (Å²) in [7, 11) is 1.59. The smallest absolute Gasteiger partial charge is 0.265 e. The number of benzene rings is 1. The van der Waals surface area contributed by atoms with Crippen LogP contribution in [0.5, 0.6) is 0 Å². The lowest BCUT2D eigenvalue weighted by molar-refractivity contribution is 0.0366. The van der Waals surface area contributed by atoms with Crippen molar-refractivity contribution in [3.63, 3.8) is 0 Å². The molecule has 32 heavy (non-hydrogen) atoms. The summed E-state index contributed by atoms with van der Waals surface area (Å²) in [6.45, 7) is 6.33. The largest absolute Gasteiger partial charge is 0.442 e. The number of amides is 1. The van der Waals surface area contributed by atoms with Crippen LogP contribution >= 0.6 is 0 Å². The Bertz CT molecular complexity index is 1360. The zero-order valence-corrected chi connectivity index (χ0v) is 18.0. The summed E-state index contributed by atoms with van der Waals surface area (Å²) in [4.78, 5) is 37.0. The molecule has 10 heteroatoms. The van der Waals surface area contributed by atoms with Gasteiger partial charge in [0.2, 0.25) is 11.7 Å². The molecule has 4 aromatic rings. The van der Waals surface area contributed by atoms with Gasteiger partial charge in [0, 0.05) is 33.2 Å². The number of imidazole rings is 1. The molecule has 1 saturated heterocycles. The normalized spacial score (nSPS) is 14.9. The van der Waals surface area contributed by atoms with Crippen molar-refractivity contribution in [2.45, 2.75) is 13.5 Å². The molecular weight excluding hydrogens is 412 g/mol. The quantitative estimate of drug-likeness (QED) is 0.508. The maximum Gasteiger partial charge on any atom is 0.265 e. The van der Waals surface area contributed by atoms with Gasteiger partial charge in [-0.05, 0) is 19.1 Å². The predicted molar refractivity (Wildman–Crippen MR) is 119 cm³/mol. The van der Waals surface area contributed by atoms with E-state index in [0.29, 0.717) is 18.3 Å². The van der Waals surface area contributed by atoms with Gasteiger partial charge in [0.1, 0.15) is 17.5 Å². The second-order valence-corrected chi connectivity index (χ2v) is 7.86. The fourth-order valence-corrected chi connectivity index (χ4v) is 4.09. The van der Waals surface area contributed by atoms with Gasteiger partial charge in [0.05, 0.1) is 29.8 Å². The number of morpholine rings is 1. The topological polar surface area (TPSA) is 107 Å². The second-order valence-electron chi connectivity index (χ2n) is 7.86. The van der Waals surface area contributed by atoms with Gasteiger partial charge in [0.25, 0.3) is 11.5 Å². The number of nitrogens with zero attached hydrogens (tertiary/aromatic N) is 5. The molecule has 166 valence electrons. The highest BCUT2D eigenvalue weighted by Gasteiger charge is 2.24. The van der Waals surface area contributed by atoms with Crippen molar-refractivity contribution in [1.82, 2.24) is 24.0 Å². The molecule has 1 fully saturated rings. The van der Waals surface area contributed by atoms with Crippen LogP contribution in [0.25, 0.3) is 22.1 Å². The van der Waals surface area contributed by atoms with E-state index >= 15 is 0 Å². The van der Waals surface area contributed by atoms with Crippen molar-refractivity contribution < 1.29 is 13.9 Å². The number of furan rings is 1. The van der Waals surface area contributed by atoms with Crippen molar-refractivity contribution in [3.05, 3.63) is 52.3 Å². The Hall–Kier alpha value is -3.50. The van der Waals surface area contributed by atoms with E-state index in [0.717, 1.165) is 43.9 Å². The fourth-order valence-electron chi connectivity index (χ4n) is 4.09. The van der Waals surface area contributed by atoms with E-state index in [4.69, 9.17) is 9.15 Å².